The Balaban J connectivity index is 1.45. The van der Waals surface area contributed by atoms with Crippen molar-refractivity contribution in [3.63, 3.8) is 0 Å². The smallest absolute Gasteiger partial charge is 0.225 e. The largest absolute Gasteiger partial charge is 0.368 e. The zero-order valence-corrected chi connectivity index (χ0v) is 23.6. The van der Waals surface area contributed by atoms with E-state index in [1.807, 2.05) is 0 Å². The molecule has 1 saturated heterocycles. The topological polar surface area (TPSA) is 109 Å². The molecule has 3 N–H and O–H groups in total. The number of benzene rings is 1. The third-order valence-corrected chi connectivity index (χ3v) is 11.2. The number of nitrogens with one attached hydrogen (secondary N) is 1. The number of nitrogens with zero attached hydrogens (tertiary/aromatic N) is 3. The van der Waals surface area contributed by atoms with Crippen molar-refractivity contribution in [2.45, 2.75) is 76.2 Å². The van der Waals surface area contributed by atoms with E-state index in [0.29, 0.717) is 24.6 Å². The van der Waals surface area contributed by atoms with E-state index in [4.69, 9.17) is 4.98 Å². The van der Waals surface area contributed by atoms with Crippen molar-refractivity contribution >= 4 is 33.5 Å². The molecule has 0 bridgehead atoms. The van der Waals surface area contributed by atoms with Gasteiger partial charge < -0.3 is 10.2 Å². The highest BCUT2D eigenvalue weighted by molar-refractivity contribution is 8.24. The van der Waals surface area contributed by atoms with Crippen LogP contribution in [-0.4, -0.2) is 50.1 Å². The molecular formula is C28H38N4O3S2. The van der Waals surface area contributed by atoms with Crippen LogP contribution in [-0.2, 0) is 10.2 Å². The average molecular weight is 543 g/mol. The predicted molar refractivity (Wildman–Crippen MR) is 151 cm³/mol. The van der Waals surface area contributed by atoms with Crippen LogP contribution in [0.2, 0.25) is 0 Å². The van der Waals surface area contributed by atoms with E-state index in [9.17, 15) is 19.2 Å². The number of thiazole rings is 1. The second kappa shape index (κ2) is 9.88. The van der Waals surface area contributed by atoms with Gasteiger partial charge in [-0.15, -0.1) is 11.3 Å². The molecule has 3 fully saturated rings. The number of aromatic nitrogens is 1. The Kier molecular flexibility index (Phi) is 7.07. The fourth-order valence-corrected chi connectivity index (χ4v) is 7.84. The molecule has 2 aliphatic carbocycles. The van der Waals surface area contributed by atoms with Gasteiger partial charge >= 0.3 is 0 Å². The Hall–Kier alpha value is -2.12. The number of carbonyl (C=O) groups is 1. The van der Waals surface area contributed by atoms with Crippen molar-refractivity contribution in [2.75, 3.05) is 29.5 Å². The Morgan fingerprint density at radius 3 is 2.41 bits per heavy atom. The molecule has 0 spiro atoms. The van der Waals surface area contributed by atoms with Crippen LogP contribution in [0, 0.1) is 17.2 Å². The summed E-state index contributed by atoms with van der Waals surface area (Å²) in [5.74, 6) is 0.714. The van der Waals surface area contributed by atoms with Crippen LogP contribution in [0.4, 0.5) is 5.69 Å². The van der Waals surface area contributed by atoms with Crippen molar-refractivity contribution < 1.29 is 13.9 Å². The molecule has 200 valence electrons. The van der Waals surface area contributed by atoms with Gasteiger partial charge in [-0.25, -0.2) is 4.98 Å². The summed E-state index contributed by atoms with van der Waals surface area (Å²) in [6.45, 7) is 7.82. The first kappa shape index (κ1) is 26.5. The van der Waals surface area contributed by atoms with Gasteiger partial charge in [0.15, 0.2) is 0 Å². The second-order valence-electron chi connectivity index (χ2n) is 11.9. The highest BCUT2D eigenvalue weighted by atomic mass is 32.3. The summed E-state index contributed by atoms with van der Waals surface area (Å²) in [5.41, 5.74) is 2.46. The number of hydrogen-bond acceptors (Lipinski definition) is 7. The van der Waals surface area contributed by atoms with Crippen molar-refractivity contribution in [1.29, 1.82) is 5.26 Å². The highest BCUT2D eigenvalue weighted by Gasteiger charge is 2.47. The highest BCUT2D eigenvalue weighted by Crippen LogP contribution is 2.47. The second-order valence-corrected chi connectivity index (χ2v) is 15.3. The molecule has 1 aromatic heterocycles. The first-order chi connectivity index (χ1) is 17.5. The normalized spacial score (nSPS) is 25.7. The van der Waals surface area contributed by atoms with E-state index in [1.165, 1.54) is 0 Å². The molecule has 2 saturated carbocycles. The minimum atomic E-state index is -2.42. The Morgan fingerprint density at radius 1 is 1.16 bits per heavy atom. The molecule has 1 aromatic carbocycles. The predicted octanol–water partition coefficient (Wildman–Crippen LogP) is 6.12. The summed E-state index contributed by atoms with van der Waals surface area (Å²) >= 11 is 1.73. The maximum atomic E-state index is 13.4. The molecule has 37 heavy (non-hydrogen) atoms. The molecule has 5 rings (SSSR count). The lowest BCUT2D eigenvalue weighted by atomic mass is 9.76. The number of amides is 1. The van der Waals surface area contributed by atoms with Crippen LogP contribution in [0.3, 0.4) is 0 Å². The van der Waals surface area contributed by atoms with Crippen LogP contribution in [0.25, 0.3) is 10.4 Å². The number of rotatable bonds is 5. The van der Waals surface area contributed by atoms with Gasteiger partial charge in [0.05, 0.1) is 33.2 Å². The molecular weight excluding hydrogens is 504 g/mol. The van der Waals surface area contributed by atoms with Crippen LogP contribution < -0.4 is 10.2 Å². The first-order valence-electron chi connectivity index (χ1n) is 13.3. The fourth-order valence-electron chi connectivity index (χ4n) is 5.41. The third-order valence-electron chi connectivity index (χ3n) is 7.95. The zero-order valence-electron chi connectivity index (χ0n) is 22.0. The van der Waals surface area contributed by atoms with E-state index < -0.39 is 16.1 Å². The van der Waals surface area contributed by atoms with Gasteiger partial charge in [-0.3, -0.25) is 13.9 Å². The van der Waals surface area contributed by atoms with Gasteiger partial charge in [0.2, 0.25) is 5.91 Å². The maximum Gasteiger partial charge on any atom is 0.225 e. The van der Waals surface area contributed by atoms with Crippen molar-refractivity contribution in [1.82, 2.24) is 10.3 Å². The SMILES string of the molecule is CC(C)(C)c1nc([C@@H]2CCCC[C@H]2C(=O)NC2(C#N)CC2)c(-c2ccc(N3CCS(O)(O)CC3)cc2)s1. The summed E-state index contributed by atoms with van der Waals surface area (Å²) in [5, 5.41) is 13.7. The molecule has 0 radical (unpaired) electrons. The number of hydrogen-bond donors (Lipinski definition) is 3. The Labute approximate surface area is 225 Å². The minimum absolute atomic E-state index is 0.00595. The van der Waals surface area contributed by atoms with Crippen molar-refractivity contribution in [2.24, 2.45) is 5.92 Å². The van der Waals surface area contributed by atoms with Gasteiger partial charge in [-0.05, 0) is 43.4 Å². The lowest BCUT2D eigenvalue weighted by Gasteiger charge is -2.41. The van der Waals surface area contributed by atoms with E-state index in [1.54, 1.807) is 11.3 Å². The number of nitriles is 1. The van der Waals surface area contributed by atoms with Crippen molar-refractivity contribution in [3.05, 3.63) is 35.0 Å². The van der Waals surface area contributed by atoms with Crippen molar-refractivity contribution in [3.8, 4) is 16.5 Å². The Bertz CT molecular complexity index is 1180. The summed E-state index contributed by atoms with van der Waals surface area (Å²) < 4.78 is 19.9. The minimum Gasteiger partial charge on any atom is -0.368 e. The Morgan fingerprint density at radius 2 is 1.81 bits per heavy atom. The van der Waals surface area contributed by atoms with Gasteiger partial charge in [-0.2, -0.15) is 15.9 Å². The van der Waals surface area contributed by atoms with E-state index in [-0.39, 0.29) is 23.2 Å². The van der Waals surface area contributed by atoms with E-state index in [0.717, 1.165) is 65.4 Å². The van der Waals surface area contributed by atoms with E-state index >= 15 is 0 Å². The number of anilines is 1. The van der Waals surface area contributed by atoms with Crippen LogP contribution in [0.5, 0.6) is 0 Å². The molecule has 1 amide bonds. The zero-order chi connectivity index (χ0) is 26.4. The van der Waals surface area contributed by atoms with Gasteiger partial charge in [0, 0.05) is 36.0 Å². The molecule has 7 nitrogen and oxygen atoms in total. The maximum absolute atomic E-state index is 13.4. The summed E-state index contributed by atoms with van der Waals surface area (Å²) in [6, 6.07) is 10.8. The standard InChI is InChI=1S/C28H38N4O3S2/c1-27(2,3)26-30-23(21-6-4-5-7-22(21)25(33)31-28(18-29)12-13-28)24(36-26)19-8-10-20(11-9-19)32-14-16-37(34,35)17-15-32/h8-11,21-22,34-35H,4-7,12-17H2,1-3H3,(H,31,33)/t21-,22-/m1/s1. The average Bonchev–Trinajstić information content (AvgIpc) is 3.49. The summed E-state index contributed by atoms with van der Waals surface area (Å²) in [6.07, 6.45) is 5.33. The molecule has 0 unspecified atom stereocenters. The fraction of sp³-hybridized carbons (Fsp3) is 0.607. The lowest BCUT2D eigenvalue weighted by Crippen LogP contribution is -2.42. The molecule has 2 heterocycles. The molecule has 9 heteroatoms. The van der Waals surface area contributed by atoms with Crippen LogP contribution in [0.15, 0.2) is 24.3 Å². The third kappa shape index (κ3) is 5.68. The van der Waals surface area contributed by atoms with Crippen LogP contribution in [0.1, 0.15) is 75.9 Å². The molecule has 3 aliphatic rings. The monoisotopic (exact) mass is 542 g/mol. The molecule has 2 atom stereocenters. The summed E-state index contributed by atoms with van der Waals surface area (Å²) in [7, 11) is -2.42. The number of carbonyl (C=O) groups excluding carboxylic acids is 1. The first-order valence-corrected chi connectivity index (χ1v) is 16.0. The molecule has 1 aliphatic heterocycles. The van der Waals surface area contributed by atoms with Gasteiger partial charge in [0.25, 0.3) is 0 Å². The van der Waals surface area contributed by atoms with Gasteiger partial charge in [-0.1, -0.05) is 45.7 Å². The summed E-state index contributed by atoms with van der Waals surface area (Å²) in [4.78, 5) is 21.9. The van der Waals surface area contributed by atoms with Crippen LogP contribution >= 0.6 is 21.9 Å². The molecule has 2 aromatic rings. The van der Waals surface area contributed by atoms with Gasteiger partial charge in [0.1, 0.15) is 5.54 Å². The lowest BCUT2D eigenvalue weighted by molar-refractivity contribution is -0.127. The quantitative estimate of drug-likeness (QED) is 0.420. The van der Waals surface area contributed by atoms with E-state index in [2.05, 4.69) is 61.3 Å².